The normalized spacial score (nSPS) is 9.38. The van der Waals surface area contributed by atoms with Crippen LogP contribution in [-0.4, -0.2) is 14.2 Å². The quantitative estimate of drug-likeness (QED) is 0.722. The van der Waals surface area contributed by atoms with Crippen LogP contribution in [0.15, 0.2) is 23.3 Å². The Morgan fingerprint density at radius 1 is 1.31 bits per heavy atom. The molecule has 0 fully saturated rings. The summed E-state index contributed by atoms with van der Waals surface area (Å²) in [5, 5.41) is 3.30. The van der Waals surface area contributed by atoms with Gasteiger partial charge in [-0.3, -0.25) is 0 Å². The molecule has 0 bridgehead atoms. The van der Waals surface area contributed by atoms with E-state index in [0.717, 1.165) is 17.1 Å². The van der Waals surface area contributed by atoms with Crippen molar-refractivity contribution in [1.29, 1.82) is 5.53 Å². The Balaban J connectivity index is 3.01. The molecule has 0 saturated carbocycles. The number of methoxy groups -OCH3 is 2. The highest BCUT2D eigenvalue weighted by molar-refractivity contribution is 5.40. The van der Waals surface area contributed by atoms with Crippen LogP contribution in [0.3, 0.4) is 0 Å². The lowest BCUT2D eigenvalue weighted by Crippen LogP contribution is -1.92. The molecule has 70 valence electrons. The summed E-state index contributed by atoms with van der Waals surface area (Å²) in [6.45, 7) is 0.320. The Morgan fingerprint density at radius 3 is 2.62 bits per heavy atom. The summed E-state index contributed by atoms with van der Waals surface area (Å²) in [6, 6.07) is 5.43. The summed E-state index contributed by atoms with van der Waals surface area (Å²) >= 11 is 0. The van der Waals surface area contributed by atoms with Crippen molar-refractivity contribution in [2.75, 3.05) is 14.2 Å². The van der Waals surface area contributed by atoms with E-state index in [2.05, 4.69) is 5.11 Å². The maximum Gasteiger partial charge on any atom is 0.124 e. The van der Waals surface area contributed by atoms with E-state index in [0.29, 0.717) is 6.54 Å². The van der Waals surface area contributed by atoms with Gasteiger partial charge < -0.3 is 9.47 Å². The molecule has 0 unspecified atom stereocenters. The third-order valence-corrected chi connectivity index (χ3v) is 1.74. The maximum atomic E-state index is 6.77. The molecular weight excluding hydrogens is 168 g/mol. The van der Waals surface area contributed by atoms with Gasteiger partial charge in [0, 0.05) is 5.56 Å². The first-order valence-electron chi connectivity index (χ1n) is 3.86. The molecule has 4 nitrogen and oxygen atoms in total. The molecule has 0 atom stereocenters. The molecule has 4 heteroatoms. The Bertz CT molecular complexity index is 300. The van der Waals surface area contributed by atoms with Gasteiger partial charge in [-0.05, 0) is 18.2 Å². The Hall–Kier alpha value is -1.58. The fraction of sp³-hybridized carbons (Fsp3) is 0.333. The van der Waals surface area contributed by atoms with Crippen molar-refractivity contribution < 1.29 is 9.47 Å². The predicted octanol–water partition coefficient (Wildman–Crippen LogP) is 2.23. The van der Waals surface area contributed by atoms with Gasteiger partial charge in [0.2, 0.25) is 0 Å². The lowest BCUT2D eigenvalue weighted by Gasteiger charge is -2.07. The van der Waals surface area contributed by atoms with Crippen LogP contribution in [0, 0.1) is 5.53 Å². The molecule has 0 spiro atoms. The van der Waals surface area contributed by atoms with E-state index >= 15 is 0 Å². The number of nitrogens with zero attached hydrogens (tertiary/aromatic N) is 1. The zero-order chi connectivity index (χ0) is 9.68. The number of ether oxygens (including phenoxy) is 2. The van der Waals surface area contributed by atoms with Crippen molar-refractivity contribution in [1.82, 2.24) is 0 Å². The molecule has 0 aliphatic heterocycles. The zero-order valence-corrected chi connectivity index (χ0v) is 7.70. The highest BCUT2D eigenvalue weighted by atomic mass is 16.5. The van der Waals surface area contributed by atoms with Crippen LogP contribution in [-0.2, 0) is 6.54 Å². The number of hydrogen-bond acceptors (Lipinski definition) is 4. The molecule has 1 N–H and O–H groups in total. The molecule has 13 heavy (non-hydrogen) atoms. The highest BCUT2D eigenvalue weighted by Crippen LogP contribution is 2.24. The molecule has 0 aliphatic carbocycles. The van der Waals surface area contributed by atoms with Crippen molar-refractivity contribution in [3.8, 4) is 11.5 Å². The molecule has 0 aliphatic rings. The molecule has 1 rings (SSSR count). The van der Waals surface area contributed by atoms with Crippen molar-refractivity contribution in [3.63, 3.8) is 0 Å². The summed E-state index contributed by atoms with van der Waals surface area (Å²) in [5.41, 5.74) is 7.63. The fourth-order valence-electron chi connectivity index (χ4n) is 1.09. The summed E-state index contributed by atoms with van der Waals surface area (Å²) < 4.78 is 10.1. The van der Waals surface area contributed by atoms with Crippen molar-refractivity contribution in [3.05, 3.63) is 23.8 Å². The van der Waals surface area contributed by atoms with Crippen molar-refractivity contribution in [2.45, 2.75) is 6.54 Å². The van der Waals surface area contributed by atoms with Gasteiger partial charge in [0.15, 0.2) is 0 Å². The Kier molecular flexibility index (Phi) is 3.25. The summed E-state index contributed by atoms with van der Waals surface area (Å²) in [7, 11) is 3.19. The summed E-state index contributed by atoms with van der Waals surface area (Å²) in [4.78, 5) is 0. The molecule has 1 aromatic carbocycles. The average Bonchev–Trinajstić information content (AvgIpc) is 2.18. The summed E-state index contributed by atoms with van der Waals surface area (Å²) in [5.74, 6) is 1.48. The third kappa shape index (κ3) is 2.18. The molecule has 0 aromatic heterocycles. The number of hydrogen-bond donors (Lipinski definition) is 1. The zero-order valence-electron chi connectivity index (χ0n) is 7.70. The van der Waals surface area contributed by atoms with Gasteiger partial charge in [-0.2, -0.15) is 5.11 Å². The minimum absolute atomic E-state index is 0.320. The van der Waals surface area contributed by atoms with E-state index in [1.165, 1.54) is 0 Å². The second-order valence-corrected chi connectivity index (χ2v) is 2.49. The van der Waals surface area contributed by atoms with E-state index < -0.39 is 0 Å². The predicted molar refractivity (Wildman–Crippen MR) is 48.4 cm³/mol. The first-order chi connectivity index (χ1) is 6.31. The van der Waals surface area contributed by atoms with Gasteiger partial charge >= 0.3 is 0 Å². The van der Waals surface area contributed by atoms with Gasteiger partial charge in [0.25, 0.3) is 0 Å². The van der Waals surface area contributed by atoms with E-state index in [1.54, 1.807) is 20.3 Å². The molecule has 0 radical (unpaired) electrons. The van der Waals surface area contributed by atoms with E-state index in [9.17, 15) is 0 Å². The second kappa shape index (κ2) is 4.45. The fourth-order valence-corrected chi connectivity index (χ4v) is 1.09. The van der Waals surface area contributed by atoms with E-state index in [-0.39, 0.29) is 0 Å². The Morgan fingerprint density at radius 2 is 2.08 bits per heavy atom. The lowest BCUT2D eigenvalue weighted by molar-refractivity contribution is 0.398. The summed E-state index contributed by atoms with van der Waals surface area (Å²) in [6.07, 6.45) is 0. The van der Waals surface area contributed by atoms with Crippen LogP contribution in [0.5, 0.6) is 11.5 Å². The van der Waals surface area contributed by atoms with Crippen LogP contribution in [0.1, 0.15) is 5.56 Å². The van der Waals surface area contributed by atoms with Gasteiger partial charge in [-0.25, -0.2) is 5.53 Å². The highest BCUT2D eigenvalue weighted by Gasteiger charge is 2.03. The Labute approximate surface area is 77.0 Å². The number of rotatable bonds is 4. The monoisotopic (exact) mass is 180 g/mol. The van der Waals surface area contributed by atoms with Gasteiger partial charge in [-0.1, -0.05) is 0 Å². The molecule has 0 amide bonds. The van der Waals surface area contributed by atoms with E-state index in [1.807, 2.05) is 12.1 Å². The van der Waals surface area contributed by atoms with Crippen LogP contribution < -0.4 is 9.47 Å². The van der Waals surface area contributed by atoms with Crippen LogP contribution in [0.4, 0.5) is 0 Å². The van der Waals surface area contributed by atoms with Crippen molar-refractivity contribution >= 4 is 0 Å². The molecule has 0 heterocycles. The van der Waals surface area contributed by atoms with Gasteiger partial charge in [0.1, 0.15) is 11.5 Å². The lowest BCUT2D eigenvalue weighted by atomic mass is 10.2. The minimum Gasteiger partial charge on any atom is -0.497 e. The SMILES string of the molecule is COc1ccc(OC)c(CN=N)c1. The number of benzene rings is 1. The number of nitrogens with one attached hydrogen (secondary N) is 1. The topological polar surface area (TPSA) is 54.7 Å². The molecule has 0 saturated heterocycles. The largest absolute Gasteiger partial charge is 0.497 e. The molecule has 1 aromatic rings. The smallest absolute Gasteiger partial charge is 0.124 e. The van der Waals surface area contributed by atoms with Crippen molar-refractivity contribution in [2.24, 2.45) is 5.11 Å². The third-order valence-electron chi connectivity index (χ3n) is 1.74. The van der Waals surface area contributed by atoms with Crippen LogP contribution >= 0.6 is 0 Å². The second-order valence-electron chi connectivity index (χ2n) is 2.49. The first kappa shape index (κ1) is 9.51. The van der Waals surface area contributed by atoms with Gasteiger partial charge in [-0.15, -0.1) is 0 Å². The average molecular weight is 180 g/mol. The minimum atomic E-state index is 0.320. The van der Waals surface area contributed by atoms with Gasteiger partial charge in [0.05, 0.1) is 20.8 Å². The standard InChI is InChI=1S/C9H12N2O2/c1-12-8-3-4-9(13-2)7(5-8)6-11-10/h3-5,10H,6H2,1-2H3. The van der Waals surface area contributed by atoms with Crippen LogP contribution in [0.2, 0.25) is 0 Å². The molecular formula is C9H12N2O2. The van der Waals surface area contributed by atoms with E-state index in [4.69, 9.17) is 15.0 Å². The maximum absolute atomic E-state index is 6.77. The van der Waals surface area contributed by atoms with Crippen LogP contribution in [0.25, 0.3) is 0 Å². The first-order valence-corrected chi connectivity index (χ1v) is 3.86.